The van der Waals surface area contributed by atoms with Crippen LogP contribution in [0, 0.1) is 0 Å². The molecule has 0 aliphatic heterocycles. The highest BCUT2D eigenvalue weighted by Gasteiger charge is 2.59. The number of aromatic hydroxyl groups is 1. The zero-order chi connectivity index (χ0) is 14.5. The highest BCUT2D eigenvalue weighted by Crippen LogP contribution is 2.50. The Kier molecular flexibility index (Phi) is 2.81. The molecule has 7 heteroatoms. The van der Waals surface area contributed by atoms with Gasteiger partial charge in [0.05, 0.1) is 5.25 Å². The molecule has 1 amide bonds. The number of rotatable bonds is 4. The Hall–Kier alpha value is -1.60. The number of amides is 1. The monoisotopic (exact) mass is 296 g/mol. The molecular formula is C13H16N2O4S. The van der Waals surface area contributed by atoms with Crippen molar-refractivity contribution in [1.82, 2.24) is 4.72 Å². The first kappa shape index (κ1) is 13.4. The van der Waals surface area contributed by atoms with E-state index in [4.69, 9.17) is 5.73 Å². The maximum absolute atomic E-state index is 12.1. The third-order valence-electron chi connectivity index (χ3n) is 3.92. The number of carbonyl (C=O) groups is 1. The van der Waals surface area contributed by atoms with Crippen LogP contribution in [-0.4, -0.2) is 30.2 Å². The molecule has 3 rings (SSSR count). The molecule has 2 aliphatic carbocycles. The molecule has 2 saturated carbocycles. The van der Waals surface area contributed by atoms with Crippen LogP contribution in [0.2, 0.25) is 0 Å². The predicted molar refractivity (Wildman–Crippen MR) is 72.5 cm³/mol. The maximum Gasteiger partial charge on any atom is 0.254 e. The van der Waals surface area contributed by atoms with Crippen molar-refractivity contribution in [3.05, 3.63) is 29.8 Å². The molecule has 2 aliphatic rings. The molecule has 0 aromatic heterocycles. The van der Waals surface area contributed by atoms with Gasteiger partial charge in [0, 0.05) is 5.92 Å². The van der Waals surface area contributed by atoms with E-state index < -0.39 is 26.7 Å². The molecule has 6 nitrogen and oxygen atoms in total. The van der Waals surface area contributed by atoms with E-state index in [1.54, 1.807) is 12.1 Å². The quantitative estimate of drug-likeness (QED) is 0.734. The van der Waals surface area contributed by atoms with E-state index >= 15 is 0 Å². The summed E-state index contributed by atoms with van der Waals surface area (Å²) < 4.78 is 25.6. The molecule has 0 saturated heterocycles. The van der Waals surface area contributed by atoms with Crippen LogP contribution >= 0.6 is 0 Å². The highest BCUT2D eigenvalue weighted by atomic mass is 32.2. The van der Waals surface area contributed by atoms with E-state index in [1.807, 2.05) is 0 Å². The summed E-state index contributed by atoms with van der Waals surface area (Å²) in [4.78, 5) is 12.1. The summed E-state index contributed by atoms with van der Waals surface area (Å²) in [5.74, 6) is -0.710. The Morgan fingerprint density at radius 2 is 1.90 bits per heavy atom. The van der Waals surface area contributed by atoms with E-state index in [-0.39, 0.29) is 11.7 Å². The van der Waals surface area contributed by atoms with Crippen molar-refractivity contribution in [1.29, 1.82) is 0 Å². The third-order valence-corrected chi connectivity index (χ3v) is 5.74. The van der Waals surface area contributed by atoms with Crippen LogP contribution in [-0.2, 0) is 14.8 Å². The number of hydrogen-bond acceptors (Lipinski definition) is 5. The van der Waals surface area contributed by atoms with E-state index in [2.05, 4.69) is 4.72 Å². The van der Waals surface area contributed by atoms with Gasteiger partial charge in [-0.25, -0.2) is 8.42 Å². The van der Waals surface area contributed by atoms with Gasteiger partial charge in [-0.3, -0.25) is 9.52 Å². The van der Waals surface area contributed by atoms with Crippen molar-refractivity contribution in [3.63, 3.8) is 0 Å². The second kappa shape index (κ2) is 4.20. The van der Waals surface area contributed by atoms with Gasteiger partial charge in [-0.1, -0.05) is 12.1 Å². The van der Waals surface area contributed by atoms with Gasteiger partial charge in [0.2, 0.25) is 10.0 Å². The first-order valence-corrected chi connectivity index (χ1v) is 8.01. The fourth-order valence-electron chi connectivity index (χ4n) is 2.34. The van der Waals surface area contributed by atoms with Gasteiger partial charge in [0.15, 0.2) is 0 Å². The number of benzene rings is 1. The molecule has 2 fully saturated rings. The summed E-state index contributed by atoms with van der Waals surface area (Å²) in [6, 6.07) is 6.42. The molecule has 1 aromatic rings. The molecule has 2 atom stereocenters. The lowest BCUT2D eigenvalue weighted by Crippen LogP contribution is -2.47. The molecule has 0 radical (unpaired) electrons. The molecule has 108 valence electrons. The number of phenolic OH excluding ortho intramolecular Hbond substituents is 1. The van der Waals surface area contributed by atoms with Crippen molar-refractivity contribution < 1.29 is 18.3 Å². The topological polar surface area (TPSA) is 109 Å². The zero-order valence-corrected chi connectivity index (χ0v) is 11.6. The van der Waals surface area contributed by atoms with E-state index in [0.29, 0.717) is 19.3 Å². The minimum atomic E-state index is -3.56. The number of hydrogen-bond donors (Lipinski definition) is 3. The lowest BCUT2D eigenvalue weighted by atomic mass is 10.1. The van der Waals surface area contributed by atoms with E-state index in [0.717, 1.165) is 5.56 Å². The molecular weight excluding hydrogens is 280 g/mol. The van der Waals surface area contributed by atoms with Crippen molar-refractivity contribution in [2.24, 2.45) is 5.73 Å². The maximum atomic E-state index is 12.1. The standard InChI is InChI=1S/C13H16N2O4S/c14-13(12(17)15-20(18,19)10-5-6-10)7-11(13)8-1-3-9(16)4-2-8/h1-4,10-11,16H,5-7,14H2,(H,15,17)/t11-,13?/m0/s1. The fourth-order valence-corrected chi connectivity index (χ4v) is 3.71. The number of carbonyl (C=O) groups excluding carboxylic acids is 1. The average molecular weight is 296 g/mol. The number of nitrogens with two attached hydrogens (primary N) is 1. The summed E-state index contributed by atoms with van der Waals surface area (Å²) >= 11 is 0. The smallest absolute Gasteiger partial charge is 0.254 e. The van der Waals surface area contributed by atoms with Crippen LogP contribution in [0.15, 0.2) is 24.3 Å². The average Bonchev–Trinajstić information content (AvgIpc) is 3.23. The van der Waals surface area contributed by atoms with E-state index in [1.165, 1.54) is 12.1 Å². The Labute approximate surface area is 117 Å². The van der Waals surface area contributed by atoms with Crippen molar-refractivity contribution in [2.45, 2.75) is 36.0 Å². The van der Waals surface area contributed by atoms with Crippen LogP contribution in [0.5, 0.6) is 5.75 Å². The molecule has 0 heterocycles. The summed E-state index contributed by atoms with van der Waals surface area (Å²) in [7, 11) is -3.56. The fraction of sp³-hybridized carbons (Fsp3) is 0.462. The lowest BCUT2D eigenvalue weighted by molar-refractivity contribution is -0.121. The molecule has 0 bridgehead atoms. The SMILES string of the molecule is NC1(C(=O)NS(=O)(=O)C2CC2)C[C@H]1c1ccc(O)cc1. The van der Waals surface area contributed by atoms with Crippen molar-refractivity contribution in [3.8, 4) is 5.75 Å². The summed E-state index contributed by atoms with van der Waals surface area (Å²) in [6.45, 7) is 0. The molecule has 0 spiro atoms. The van der Waals surface area contributed by atoms with Gasteiger partial charge in [-0.05, 0) is 37.0 Å². The minimum Gasteiger partial charge on any atom is -0.508 e. The number of nitrogens with one attached hydrogen (secondary N) is 1. The Morgan fingerprint density at radius 3 is 2.45 bits per heavy atom. The zero-order valence-electron chi connectivity index (χ0n) is 10.7. The van der Waals surface area contributed by atoms with Gasteiger partial charge in [-0.2, -0.15) is 0 Å². The predicted octanol–water partition coefficient (Wildman–Crippen LogP) is 0.185. The normalized spacial score (nSPS) is 28.9. The summed E-state index contributed by atoms with van der Waals surface area (Å²) in [6.07, 6.45) is 1.60. The molecule has 4 N–H and O–H groups in total. The van der Waals surface area contributed by atoms with Crippen LogP contribution in [0.25, 0.3) is 0 Å². The second-order valence-corrected chi connectivity index (χ2v) is 7.52. The first-order valence-electron chi connectivity index (χ1n) is 6.47. The van der Waals surface area contributed by atoms with Gasteiger partial charge in [0.1, 0.15) is 11.3 Å². The van der Waals surface area contributed by atoms with Crippen LogP contribution in [0.1, 0.15) is 30.7 Å². The molecule has 1 aromatic carbocycles. The summed E-state index contributed by atoms with van der Waals surface area (Å²) in [5, 5.41) is 8.79. The molecule has 1 unspecified atom stereocenters. The van der Waals surface area contributed by atoms with Crippen molar-refractivity contribution >= 4 is 15.9 Å². The Balaban J connectivity index is 1.71. The minimum absolute atomic E-state index is 0.137. The van der Waals surface area contributed by atoms with Crippen LogP contribution in [0.4, 0.5) is 0 Å². The third kappa shape index (κ3) is 2.27. The highest BCUT2D eigenvalue weighted by molar-refractivity contribution is 7.90. The van der Waals surface area contributed by atoms with Gasteiger partial charge >= 0.3 is 0 Å². The number of sulfonamides is 1. The number of phenols is 1. The van der Waals surface area contributed by atoms with Crippen LogP contribution in [0.3, 0.4) is 0 Å². The van der Waals surface area contributed by atoms with Gasteiger partial charge < -0.3 is 10.8 Å². The van der Waals surface area contributed by atoms with Crippen molar-refractivity contribution in [2.75, 3.05) is 0 Å². The van der Waals surface area contributed by atoms with Gasteiger partial charge in [0.25, 0.3) is 5.91 Å². The lowest BCUT2D eigenvalue weighted by Gasteiger charge is -2.12. The summed E-state index contributed by atoms with van der Waals surface area (Å²) in [5.41, 5.74) is 5.65. The first-order chi connectivity index (χ1) is 9.33. The largest absolute Gasteiger partial charge is 0.508 e. The van der Waals surface area contributed by atoms with Crippen LogP contribution < -0.4 is 10.5 Å². The molecule has 20 heavy (non-hydrogen) atoms. The second-order valence-electron chi connectivity index (χ2n) is 5.56. The Morgan fingerprint density at radius 1 is 1.30 bits per heavy atom. The van der Waals surface area contributed by atoms with Gasteiger partial charge in [-0.15, -0.1) is 0 Å². The Bertz CT molecular complexity index is 651. The van der Waals surface area contributed by atoms with E-state index in [9.17, 15) is 18.3 Å².